The number of aryl methyl sites for hydroxylation is 1. The molecule has 1 aromatic carbocycles. The summed E-state index contributed by atoms with van der Waals surface area (Å²) in [5, 5.41) is 12.8. The second kappa shape index (κ2) is 7.55. The molecule has 1 heterocycles. The van der Waals surface area contributed by atoms with Gasteiger partial charge < -0.3 is 4.90 Å². The highest BCUT2D eigenvalue weighted by molar-refractivity contribution is 7.80. The maximum atomic E-state index is 10.5. The molecule has 0 saturated heterocycles. The van der Waals surface area contributed by atoms with Gasteiger partial charge in [0.1, 0.15) is 0 Å². The van der Waals surface area contributed by atoms with Gasteiger partial charge in [-0.05, 0) is 35.6 Å². The molecule has 0 radical (unpaired) electrons. The van der Waals surface area contributed by atoms with Crippen LogP contribution in [0.25, 0.3) is 0 Å². The third kappa shape index (κ3) is 5.98. The predicted octanol–water partition coefficient (Wildman–Crippen LogP) is 1.64. The first kappa shape index (κ1) is 17.4. The van der Waals surface area contributed by atoms with Crippen LogP contribution in [-0.4, -0.2) is 38.3 Å². The fourth-order valence-corrected chi connectivity index (χ4v) is 2.47. The molecule has 0 aliphatic carbocycles. The van der Waals surface area contributed by atoms with Crippen molar-refractivity contribution >= 4 is 38.2 Å². The molecule has 124 valence electrons. The van der Waals surface area contributed by atoms with E-state index in [0.29, 0.717) is 17.4 Å². The van der Waals surface area contributed by atoms with Gasteiger partial charge in [0.05, 0.1) is 12.3 Å². The Morgan fingerprint density at radius 3 is 2.61 bits per heavy atom. The summed E-state index contributed by atoms with van der Waals surface area (Å²) in [5.74, 6) is 0. The van der Waals surface area contributed by atoms with Gasteiger partial charge in [0, 0.05) is 24.4 Å². The van der Waals surface area contributed by atoms with E-state index in [9.17, 15) is 8.42 Å². The number of hydrogen-bond donors (Lipinski definition) is 1. The molecule has 0 aliphatic rings. The van der Waals surface area contributed by atoms with Gasteiger partial charge in [-0.1, -0.05) is 4.68 Å². The summed E-state index contributed by atoms with van der Waals surface area (Å²) in [6.07, 6.45) is 0. The fraction of sp³-hybridized carbons (Fsp3) is 0.333. The van der Waals surface area contributed by atoms with Gasteiger partial charge in [-0.25, -0.2) is 4.18 Å². The molecule has 0 amide bonds. The number of likely N-dealkylation sites (N-methyl/N-ethyl adjacent to an activating group) is 1. The van der Waals surface area contributed by atoms with E-state index >= 15 is 0 Å². The lowest BCUT2D eigenvalue weighted by Crippen LogP contribution is -2.27. The smallest absolute Gasteiger partial charge is 0.372 e. The summed E-state index contributed by atoms with van der Waals surface area (Å²) in [5.41, 5.74) is 3.35. The van der Waals surface area contributed by atoms with Gasteiger partial charge in [0.25, 0.3) is 10.6 Å². The van der Waals surface area contributed by atoms with Crippen LogP contribution in [0.4, 0.5) is 16.5 Å². The Bertz CT molecular complexity index is 773. The zero-order valence-electron chi connectivity index (χ0n) is 12.5. The number of aromatic nitrogens is 2. The summed E-state index contributed by atoms with van der Waals surface area (Å²) in [7, 11) is -0.813. The Balaban J connectivity index is 1.92. The quantitative estimate of drug-likeness (QED) is 0.458. The third-order valence-corrected chi connectivity index (χ3v) is 4.00. The molecular formula is C12H16N5O4S2+. The highest BCUT2D eigenvalue weighted by Crippen LogP contribution is 2.21. The normalized spacial score (nSPS) is 12.0. The molecule has 2 aromatic rings. The van der Waals surface area contributed by atoms with Crippen molar-refractivity contribution in [2.75, 3.05) is 25.1 Å². The predicted molar refractivity (Wildman–Crippen MR) is 84.7 cm³/mol. The molecule has 1 N–H and O–H groups in total. The van der Waals surface area contributed by atoms with E-state index in [1.165, 1.54) is 11.3 Å². The Labute approximate surface area is 137 Å². The van der Waals surface area contributed by atoms with E-state index in [4.69, 9.17) is 4.55 Å². The Hall–Kier alpha value is -1.95. The molecule has 0 atom stereocenters. The van der Waals surface area contributed by atoms with Gasteiger partial charge >= 0.3 is 10.4 Å². The van der Waals surface area contributed by atoms with E-state index in [2.05, 4.69) is 19.5 Å². The second-order valence-electron chi connectivity index (χ2n) is 4.57. The first-order valence-corrected chi connectivity index (χ1v) is 8.74. The monoisotopic (exact) mass is 358 g/mol. The van der Waals surface area contributed by atoms with Gasteiger partial charge in [-0.3, -0.25) is 4.55 Å². The number of nitrogens with zero attached hydrogens (tertiary/aromatic N) is 5. The standard InChI is InChI=1S/C12H15N5O4S2/c1-16(7-8-21-23(18,19)20)11-5-3-10(4-6-11)13-14-12-15-17(2)9-22-12/h3-6,9H,7-8H2,1-2H3/p+1. The van der Waals surface area contributed by atoms with Gasteiger partial charge in [0.2, 0.25) is 0 Å². The van der Waals surface area contributed by atoms with Crippen LogP contribution < -0.4 is 9.58 Å². The van der Waals surface area contributed by atoms with Crippen LogP contribution in [0.3, 0.4) is 0 Å². The minimum absolute atomic E-state index is 0.141. The summed E-state index contributed by atoms with van der Waals surface area (Å²) in [4.78, 5) is 1.78. The molecule has 0 bridgehead atoms. The first-order valence-electron chi connectivity index (χ1n) is 6.50. The number of hydrogen-bond acceptors (Lipinski definition) is 8. The summed E-state index contributed by atoms with van der Waals surface area (Å²) >= 11 is 1.39. The van der Waals surface area contributed by atoms with Crippen LogP contribution in [0.1, 0.15) is 0 Å². The molecule has 2 rings (SSSR count). The minimum Gasteiger partial charge on any atom is -0.372 e. The van der Waals surface area contributed by atoms with Crippen LogP contribution in [0.15, 0.2) is 40.0 Å². The maximum Gasteiger partial charge on any atom is 0.397 e. The van der Waals surface area contributed by atoms with Crippen LogP contribution in [-0.2, 0) is 21.6 Å². The van der Waals surface area contributed by atoms with Gasteiger partial charge in [-0.15, -0.1) is 10.2 Å². The second-order valence-corrected chi connectivity index (χ2v) is 6.47. The number of azo groups is 1. The topological polar surface area (TPSA) is 108 Å². The van der Waals surface area contributed by atoms with E-state index in [1.54, 1.807) is 28.8 Å². The Kier molecular flexibility index (Phi) is 5.71. The number of benzene rings is 1. The average Bonchev–Trinajstić information content (AvgIpc) is 2.90. The largest absolute Gasteiger partial charge is 0.397 e. The van der Waals surface area contributed by atoms with E-state index < -0.39 is 10.4 Å². The van der Waals surface area contributed by atoms with Crippen LogP contribution in [0, 0.1) is 0 Å². The number of rotatable bonds is 7. The fourth-order valence-electron chi connectivity index (χ4n) is 1.63. The van der Waals surface area contributed by atoms with E-state index in [0.717, 1.165) is 5.69 Å². The van der Waals surface area contributed by atoms with E-state index in [1.807, 2.05) is 24.7 Å². The number of anilines is 1. The molecule has 23 heavy (non-hydrogen) atoms. The van der Waals surface area contributed by atoms with Crippen molar-refractivity contribution in [2.45, 2.75) is 0 Å². The molecular weight excluding hydrogens is 342 g/mol. The molecule has 9 nitrogen and oxygen atoms in total. The lowest BCUT2D eigenvalue weighted by atomic mass is 10.2. The average molecular weight is 358 g/mol. The highest BCUT2D eigenvalue weighted by Gasteiger charge is 2.07. The summed E-state index contributed by atoms with van der Waals surface area (Å²) in [6.45, 7) is 0.161. The van der Waals surface area contributed by atoms with Gasteiger partial charge in [-0.2, -0.15) is 8.42 Å². The minimum atomic E-state index is -4.40. The SMILES string of the molecule is CN(CCOS(=O)(=O)O)c1ccc(N=Nc2n[n+](C)cs2)cc1. The molecule has 0 fully saturated rings. The van der Waals surface area contributed by atoms with Crippen molar-refractivity contribution in [1.29, 1.82) is 0 Å². The summed E-state index contributed by atoms with van der Waals surface area (Å²) < 4.78 is 35.4. The summed E-state index contributed by atoms with van der Waals surface area (Å²) in [6, 6.07) is 7.21. The van der Waals surface area contributed by atoms with Crippen molar-refractivity contribution in [2.24, 2.45) is 17.3 Å². The molecule has 0 aliphatic heterocycles. The van der Waals surface area contributed by atoms with Crippen molar-refractivity contribution in [1.82, 2.24) is 5.10 Å². The highest BCUT2D eigenvalue weighted by atomic mass is 32.3. The van der Waals surface area contributed by atoms with Crippen molar-refractivity contribution in [3.63, 3.8) is 0 Å². The van der Waals surface area contributed by atoms with Crippen molar-refractivity contribution in [3.8, 4) is 0 Å². The van der Waals surface area contributed by atoms with Crippen LogP contribution in [0.2, 0.25) is 0 Å². The Morgan fingerprint density at radius 2 is 2.04 bits per heavy atom. The first-order chi connectivity index (χ1) is 10.8. The lowest BCUT2D eigenvalue weighted by molar-refractivity contribution is -0.724. The molecule has 0 saturated carbocycles. The maximum absolute atomic E-state index is 10.5. The zero-order chi connectivity index (χ0) is 16.9. The zero-order valence-corrected chi connectivity index (χ0v) is 14.2. The molecule has 0 spiro atoms. The Morgan fingerprint density at radius 1 is 1.35 bits per heavy atom. The molecule has 1 aromatic heterocycles. The van der Waals surface area contributed by atoms with E-state index in [-0.39, 0.29) is 6.61 Å². The molecule has 0 unspecified atom stereocenters. The van der Waals surface area contributed by atoms with Crippen molar-refractivity contribution < 1.29 is 21.8 Å². The molecule has 11 heteroatoms. The van der Waals surface area contributed by atoms with Gasteiger partial charge in [0.15, 0.2) is 7.05 Å². The van der Waals surface area contributed by atoms with Crippen LogP contribution >= 0.6 is 11.3 Å². The van der Waals surface area contributed by atoms with Crippen molar-refractivity contribution in [3.05, 3.63) is 29.8 Å². The third-order valence-electron chi connectivity index (χ3n) is 2.75. The lowest BCUT2D eigenvalue weighted by Gasteiger charge is -2.18. The van der Waals surface area contributed by atoms with Crippen LogP contribution in [0.5, 0.6) is 0 Å².